The number of hydrogen-bond acceptors (Lipinski definition) is 4. The number of urea groups is 1. The molecule has 3 rings (SSSR count). The zero-order valence-electron chi connectivity index (χ0n) is 15.1. The normalized spacial score (nSPS) is 20.5. The molecule has 142 valence electrons. The molecule has 2 N–H and O–H groups in total. The smallest absolute Gasteiger partial charge is 0.325 e. The Morgan fingerprint density at radius 3 is 2.59 bits per heavy atom. The van der Waals surface area contributed by atoms with E-state index in [1.807, 2.05) is 25.1 Å². The van der Waals surface area contributed by atoms with Crippen molar-refractivity contribution in [2.75, 3.05) is 13.2 Å². The fraction of sp³-hybridized carbons (Fsp3) is 0.300. The number of β-amino-alcohol motifs (C(OH)–C–C–N with tert-alkyl or cyclic N) is 1. The van der Waals surface area contributed by atoms with Crippen molar-refractivity contribution < 1.29 is 23.8 Å². The van der Waals surface area contributed by atoms with Gasteiger partial charge >= 0.3 is 6.03 Å². The second-order valence-electron chi connectivity index (χ2n) is 6.76. The summed E-state index contributed by atoms with van der Waals surface area (Å²) in [5.41, 5.74) is 0.184. The zero-order valence-corrected chi connectivity index (χ0v) is 15.1. The molecule has 0 unspecified atom stereocenters. The predicted octanol–water partition coefficient (Wildman–Crippen LogP) is 2.34. The van der Waals surface area contributed by atoms with Crippen molar-refractivity contribution in [3.63, 3.8) is 0 Å². The molecule has 2 aromatic carbocycles. The van der Waals surface area contributed by atoms with Gasteiger partial charge in [-0.15, -0.1) is 0 Å². The Labute approximate surface area is 156 Å². The molecule has 7 heteroatoms. The van der Waals surface area contributed by atoms with Crippen LogP contribution in [0.3, 0.4) is 0 Å². The Kier molecular flexibility index (Phi) is 5.14. The number of aliphatic hydroxyl groups is 1. The fourth-order valence-corrected chi connectivity index (χ4v) is 3.00. The van der Waals surface area contributed by atoms with E-state index in [1.54, 1.807) is 13.0 Å². The Balaban J connectivity index is 1.65. The second kappa shape index (κ2) is 7.36. The van der Waals surface area contributed by atoms with Crippen LogP contribution in [0.15, 0.2) is 48.5 Å². The number of carbonyl (C=O) groups excluding carboxylic acids is 2. The summed E-state index contributed by atoms with van der Waals surface area (Å²) in [6.45, 7) is 3.21. The number of hydrogen-bond donors (Lipinski definition) is 2. The van der Waals surface area contributed by atoms with Crippen molar-refractivity contribution in [3.05, 3.63) is 65.5 Å². The highest BCUT2D eigenvalue weighted by molar-refractivity contribution is 6.07. The van der Waals surface area contributed by atoms with E-state index in [1.165, 1.54) is 24.3 Å². The Bertz CT molecular complexity index is 855. The summed E-state index contributed by atoms with van der Waals surface area (Å²) >= 11 is 0. The number of amides is 3. The van der Waals surface area contributed by atoms with Crippen molar-refractivity contribution in [1.82, 2.24) is 10.2 Å². The van der Waals surface area contributed by atoms with Crippen LogP contribution in [-0.2, 0) is 10.3 Å². The van der Waals surface area contributed by atoms with Crippen LogP contribution in [0.5, 0.6) is 5.75 Å². The lowest BCUT2D eigenvalue weighted by atomic mass is 9.92. The zero-order chi connectivity index (χ0) is 19.6. The standard InChI is InChI=1S/C20H21FN2O4/c1-13-4-3-5-17(10-13)27-12-16(24)11-23-18(25)20(2,22-19(23)26)14-6-8-15(21)9-7-14/h3-10,16,24H,11-12H2,1-2H3,(H,22,26)/t16-,20+/m0/s1. The molecule has 0 aliphatic carbocycles. The van der Waals surface area contributed by atoms with Gasteiger partial charge in [0.2, 0.25) is 0 Å². The number of carbonyl (C=O) groups is 2. The maximum atomic E-state index is 13.1. The molecular weight excluding hydrogens is 351 g/mol. The molecule has 1 saturated heterocycles. The van der Waals surface area contributed by atoms with Crippen LogP contribution in [-0.4, -0.2) is 41.2 Å². The highest BCUT2D eigenvalue weighted by Crippen LogP contribution is 2.29. The average Bonchev–Trinajstić information content (AvgIpc) is 2.85. The third-order valence-corrected chi connectivity index (χ3v) is 4.52. The molecule has 1 aliphatic heterocycles. The van der Waals surface area contributed by atoms with Crippen molar-refractivity contribution in [1.29, 1.82) is 0 Å². The minimum atomic E-state index is -1.30. The summed E-state index contributed by atoms with van der Waals surface area (Å²) in [6.07, 6.45) is -1.05. The van der Waals surface area contributed by atoms with Gasteiger partial charge in [0.05, 0.1) is 6.54 Å². The Morgan fingerprint density at radius 1 is 1.22 bits per heavy atom. The summed E-state index contributed by atoms with van der Waals surface area (Å²) in [5.74, 6) is -0.337. The lowest BCUT2D eigenvalue weighted by molar-refractivity contribution is -0.132. The van der Waals surface area contributed by atoms with E-state index in [-0.39, 0.29) is 13.2 Å². The summed E-state index contributed by atoms with van der Waals surface area (Å²) in [4.78, 5) is 26.0. The van der Waals surface area contributed by atoms with E-state index in [4.69, 9.17) is 4.74 Å². The van der Waals surface area contributed by atoms with Crippen LogP contribution in [0.25, 0.3) is 0 Å². The quantitative estimate of drug-likeness (QED) is 0.763. The molecule has 0 radical (unpaired) electrons. The number of nitrogens with zero attached hydrogens (tertiary/aromatic N) is 1. The molecule has 0 spiro atoms. The second-order valence-corrected chi connectivity index (χ2v) is 6.76. The van der Waals surface area contributed by atoms with Gasteiger partial charge in [-0.2, -0.15) is 0 Å². The third kappa shape index (κ3) is 3.93. The van der Waals surface area contributed by atoms with Crippen LogP contribution in [0.1, 0.15) is 18.1 Å². The summed E-state index contributed by atoms with van der Waals surface area (Å²) in [6, 6.07) is 12.1. The third-order valence-electron chi connectivity index (χ3n) is 4.52. The maximum Gasteiger partial charge on any atom is 0.325 e. The summed E-state index contributed by atoms with van der Waals surface area (Å²) < 4.78 is 18.7. The molecule has 0 saturated carbocycles. The van der Waals surface area contributed by atoms with E-state index in [0.717, 1.165) is 10.5 Å². The largest absolute Gasteiger partial charge is 0.491 e. The van der Waals surface area contributed by atoms with Gasteiger partial charge in [-0.3, -0.25) is 9.69 Å². The molecular formula is C20H21FN2O4. The number of nitrogens with one attached hydrogen (secondary N) is 1. The van der Waals surface area contributed by atoms with Crippen molar-refractivity contribution >= 4 is 11.9 Å². The lowest BCUT2D eigenvalue weighted by Gasteiger charge is -2.23. The van der Waals surface area contributed by atoms with Crippen molar-refractivity contribution in [3.8, 4) is 5.75 Å². The Morgan fingerprint density at radius 2 is 1.93 bits per heavy atom. The summed E-state index contributed by atoms with van der Waals surface area (Å²) in [5, 5.41) is 12.8. The Hall–Kier alpha value is -2.93. The van der Waals surface area contributed by atoms with Crippen LogP contribution < -0.4 is 10.1 Å². The first-order chi connectivity index (χ1) is 12.8. The molecule has 2 atom stereocenters. The average molecular weight is 372 g/mol. The first kappa shape index (κ1) is 18.8. The highest BCUT2D eigenvalue weighted by Gasteiger charge is 2.49. The molecule has 1 fully saturated rings. The molecule has 1 aliphatic rings. The predicted molar refractivity (Wildman–Crippen MR) is 96.7 cm³/mol. The van der Waals surface area contributed by atoms with Gasteiger partial charge in [0, 0.05) is 0 Å². The molecule has 27 heavy (non-hydrogen) atoms. The van der Waals surface area contributed by atoms with E-state index in [2.05, 4.69) is 5.32 Å². The van der Waals surface area contributed by atoms with Gasteiger partial charge in [0.15, 0.2) is 0 Å². The van der Waals surface area contributed by atoms with E-state index < -0.39 is 29.4 Å². The number of halogens is 1. The van der Waals surface area contributed by atoms with E-state index >= 15 is 0 Å². The monoisotopic (exact) mass is 372 g/mol. The molecule has 6 nitrogen and oxygen atoms in total. The van der Waals surface area contributed by atoms with Gasteiger partial charge in [-0.05, 0) is 49.2 Å². The maximum absolute atomic E-state index is 13.1. The molecule has 3 amide bonds. The van der Waals surface area contributed by atoms with Gasteiger partial charge in [-0.25, -0.2) is 9.18 Å². The van der Waals surface area contributed by atoms with Crippen LogP contribution in [0, 0.1) is 12.7 Å². The fourth-order valence-electron chi connectivity index (χ4n) is 3.00. The first-order valence-electron chi connectivity index (χ1n) is 8.57. The SMILES string of the molecule is Cc1cccc(OC[C@@H](O)CN2C(=O)N[C@](C)(c3ccc(F)cc3)C2=O)c1. The highest BCUT2D eigenvalue weighted by atomic mass is 19.1. The molecule has 1 heterocycles. The topological polar surface area (TPSA) is 78.9 Å². The van der Waals surface area contributed by atoms with Gasteiger partial charge < -0.3 is 15.2 Å². The summed E-state index contributed by atoms with van der Waals surface area (Å²) in [7, 11) is 0. The minimum Gasteiger partial charge on any atom is -0.491 e. The first-order valence-corrected chi connectivity index (χ1v) is 8.57. The number of aryl methyl sites for hydroxylation is 1. The molecule has 2 aromatic rings. The van der Waals surface area contributed by atoms with Crippen molar-refractivity contribution in [2.45, 2.75) is 25.5 Å². The van der Waals surface area contributed by atoms with Crippen LogP contribution in [0.2, 0.25) is 0 Å². The lowest BCUT2D eigenvalue weighted by Crippen LogP contribution is -2.42. The van der Waals surface area contributed by atoms with Gasteiger partial charge in [-0.1, -0.05) is 24.3 Å². The van der Waals surface area contributed by atoms with E-state index in [0.29, 0.717) is 11.3 Å². The minimum absolute atomic E-state index is 0.0617. The number of ether oxygens (including phenoxy) is 1. The number of aliphatic hydroxyl groups excluding tert-OH is 1. The van der Waals surface area contributed by atoms with Gasteiger partial charge in [0.1, 0.15) is 29.8 Å². The van der Waals surface area contributed by atoms with Gasteiger partial charge in [0.25, 0.3) is 5.91 Å². The van der Waals surface area contributed by atoms with E-state index in [9.17, 15) is 19.1 Å². The molecule has 0 aromatic heterocycles. The molecule has 0 bridgehead atoms. The number of benzene rings is 2. The van der Waals surface area contributed by atoms with Crippen molar-refractivity contribution in [2.24, 2.45) is 0 Å². The number of rotatable bonds is 6. The van der Waals surface area contributed by atoms with Crippen LogP contribution >= 0.6 is 0 Å². The number of imide groups is 1. The van der Waals surface area contributed by atoms with Crippen LogP contribution in [0.4, 0.5) is 9.18 Å².